The third kappa shape index (κ3) is 3.38. The van der Waals surface area contributed by atoms with Crippen molar-refractivity contribution in [2.75, 3.05) is 19.6 Å². The van der Waals surface area contributed by atoms with E-state index in [0.717, 1.165) is 45.3 Å². The SMILES string of the molecule is O=C1CCN(CCCc2cncnc2)CC1. The van der Waals surface area contributed by atoms with Gasteiger partial charge in [0.2, 0.25) is 0 Å². The van der Waals surface area contributed by atoms with Crippen LogP contribution in [0.15, 0.2) is 18.7 Å². The number of rotatable bonds is 4. The zero-order chi connectivity index (χ0) is 11.2. The number of Topliss-reactive ketones (excluding diaryl/α,β-unsaturated/α-hetero) is 1. The van der Waals surface area contributed by atoms with E-state index in [0.29, 0.717) is 5.78 Å². The summed E-state index contributed by atoms with van der Waals surface area (Å²) >= 11 is 0. The van der Waals surface area contributed by atoms with Gasteiger partial charge in [-0.05, 0) is 24.9 Å². The van der Waals surface area contributed by atoms with Gasteiger partial charge >= 0.3 is 0 Å². The number of piperidine rings is 1. The molecular formula is C12H17N3O. The van der Waals surface area contributed by atoms with Gasteiger partial charge in [0.25, 0.3) is 0 Å². The molecule has 2 heterocycles. The summed E-state index contributed by atoms with van der Waals surface area (Å²) < 4.78 is 0. The van der Waals surface area contributed by atoms with Gasteiger partial charge in [-0.25, -0.2) is 9.97 Å². The third-order valence-electron chi connectivity index (χ3n) is 2.97. The molecule has 0 aliphatic carbocycles. The highest BCUT2D eigenvalue weighted by molar-refractivity contribution is 5.79. The van der Waals surface area contributed by atoms with Gasteiger partial charge in [-0.3, -0.25) is 4.79 Å². The first-order valence-electron chi connectivity index (χ1n) is 5.82. The van der Waals surface area contributed by atoms with Gasteiger partial charge in [-0.1, -0.05) is 0 Å². The molecule has 0 amide bonds. The monoisotopic (exact) mass is 219 g/mol. The quantitative estimate of drug-likeness (QED) is 0.760. The maximum atomic E-state index is 11.1. The Morgan fingerprint density at radius 2 is 1.88 bits per heavy atom. The molecule has 0 spiro atoms. The van der Waals surface area contributed by atoms with E-state index < -0.39 is 0 Å². The van der Waals surface area contributed by atoms with Gasteiger partial charge < -0.3 is 4.90 Å². The number of ketones is 1. The van der Waals surface area contributed by atoms with E-state index in [1.54, 1.807) is 6.33 Å². The maximum absolute atomic E-state index is 11.1. The lowest BCUT2D eigenvalue weighted by Crippen LogP contribution is -2.34. The average Bonchev–Trinajstić information content (AvgIpc) is 2.33. The van der Waals surface area contributed by atoms with E-state index >= 15 is 0 Å². The van der Waals surface area contributed by atoms with Crippen LogP contribution >= 0.6 is 0 Å². The predicted octanol–water partition coefficient (Wildman–Crippen LogP) is 1.07. The highest BCUT2D eigenvalue weighted by atomic mass is 16.1. The summed E-state index contributed by atoms with van der Waals surface area (Å²) in [7, 11) is 0. The number of carbonyl (C=O) groups is 1. The van der Waals surface area contributed by atoms with Crippen molar-refractivity contribution in [3.63, 3.8) is 0 Å². The first-order valence-corrected chi connectivity index (χ1v) is 5.82. The molecule has 1 saturated heterocycles. The summed E-state index contributed by atoms with van der Waals surface area (Å²) in [4.78, 5) is 21.4. The van der Waals surface area contributed by atoms with Crippen LogP contribution in [-0.2, 0) is 11.2 Å². The van der Waals surface area contributed by atoms with Gasteiger partial charge in [0, 0.05) is 38.3 Å². The van der Waals surface area contributed by atoms with Crippen LogP contribution in [0, 0.1) is 0 Å². The van der Waals surface area contributed by atoms with Crippen LogP contribution in [0.25, 0.3) is 0 Å². The highest BCUT2D eigenvalue weighted by Gasteiger charge is 2.14. The van der Waals surface area contributed by atoms with Crippen LogP contribution in [0.2, 0.25) is 0 Å². The van der Waals surface area contributed by atoms with Crippen molar-refractivity contribution in [3.05, 3.63) is 24.3 Å². The smallest absolute Gasteiger partial charge is 0.135 e. The second-order valence-electron chi connectivity index (χ2n) is 4.23. The van der Waals surface area contributed by atoms with E-state index in [4.69, 9.17) is 0 Å². The number of hydrogen-bond acceptors (Lipinski definition) is 4. The molecule has 0 N–H and O–H groups in total. The fourth-order valence-corrected chi connectivity index (χ4v) is 1.99. The predicted molar refractivity (Wildman–Crippen MR) is 61.0 cm³/mol. The van der Waals surface area contributed by atoms with Gasteiger partial charge in [0.05, 0.1) is 0 Å². The molecule has 2 rings (SSSR count). The Morgan fingerprint density at radius 3 is 2.56 bits per heavy atom. The molecule has 1 aromatic heterocycles. The summed E-state index contributed by atoms with van der Waals surface area (Å²) in [5.74, 6) is 0.410. The number of aryl methyl sites for hydroxylation is 1. The molecule has 1 aliphatic heterocycles. The molecule has 1 aliphatic rings. The highest BCUT2D eigenvalue weighted by Crippen LogP contribution is 2.07. The standard InChI is InChI=1S/C12H17N3O/c16-12-3-6-15(7-4-12)5-1-2-11-8-13-10-14-9-11/h8-10H,1-7H2. The van der Waals surface area contributed by atoms with E-state index in [1.807, 2.05) is 12.4 Å². The fourth-order valence-electron chi connectivity index (χ4n) is 1.99. The molecule has 0 aromatic carbocycles. The lowest BCUT2D eigenvalue weighted by atomic mass is 10.1. The van der Waals surface area contributed by atoms with Crippen LogP contribution in [0.4, 0.5) is 0 Å². The zero-order valence-corrected chi connectivity index (χ0v) is 9.43. The third-order valence-corrected chi connectivity index (χ3v) is 2.97. The average molecular weight is 219 g/mol. The molecule has 0 atom stereocenters. The lowest BCUT2D eigenvalue weighted by Gasteiger charge is -2.25. The minimum atomic E-state index is 0.410. The fraction of sp³-hybridized carbons (Fsp3) is 0.583. The topological polar surface area (TPSA) is 46.1 Å². The van der Waals surface area contributed by atoms with Crippen molar-refractivity contribution >= 4 is 5.78 Å². The van der Waals surface area contributed by atoms with Crippen LogP contribution in [0.3, 0.4) is 0 Å². The van der Waals surface area contributed by atoms with Crippen LogP contribution in [0.1, 0.15) is 24.8 Å². The maximum Gasteiger partial charge on any atom is 0.135 e. The van der Waals surface area contributed by atoms with Crippen molar-refractivity contribution in [2.24, 2.45) is 0 Å². The van der Waals surface area contributed by atoms with E-state index in [-0.39, 0.29) is 0 Å². The van der Waals surface area contributed by atoms with Crippen molar-refractivity contribution in [1.29, 1.82) is 0 Å². The Hall–Kier alpha value is -1.29. The van der Waals surface area contributed by atoms with Crippen LogP contribution in [0.5, 0.6) is 0 Å². The molecule has 4 heteroatoms. The summed E-state index contributed by atoms with van der Waals surface area (Å²) in [5.41, 5.74) is 1.19. The van der Waals surface area contributed by atoms with Gasteiger partial charge in [0.1, 0.15) is 12.1 Å². The van der Waals surface area contributed by atoms with Gasteiger partial charge in [0.15, 0.2) is 0 Å². The number of nitrogens with zero attached hydrogens (tertiary/aromatic N) is 3. The van der Waals surface area contributed by atoms with Gasteiger partial charge in [-0.2, -0.15) is 0 Å². The Bertz CT molecular complexity index is 329. The van der Waals surface area contributed by atoms with Crippen molar-refractivity contribution in [3.8, 4) is 0 Å². The normalized spacial score (nSPS) is 17.6. The Balaban J connectivity index is 1.67. The van der Waals surface area contributed by atoms with Crippen molar-refractivity contribution < 1.29 is 4.79 Å². The summed E-state index contributed by atoms with van der Waals surface area (Å²) in [6.45, 7) is 2.94. The number of carbonyl (C=O) groups excluding carboxylic acids is 1. The molecule has 0 bridgehead atoms. The minimum absolute atomic E-state index is 0.410. The summed E-state index contributed by atoms with van der Waals surface area (Å²) in [6, 6.07) is 0. The van der Waals surface area contributed by atoms with Crippen LogP contribution in [-0.4, -0.2) is 40.3 Å². The molecule has 1 aromatic rings. The Kier molecular flexibility index (Phi) is 3.99. The molecule has 0 unspecified atom stereocenters. The van der Waals surface area contributed by atoms with E-state index in [1.165, 1.54) is 5.56 Å². The largest absolute Gasteiger partial charge is 0.302 e. The van der Waals surface area contributed by atoms with Crippen LogP contribution < -0.4 is 0 Å². The molecule has 0 radical (unpaired) electrons. The molecule has 0 saturated carbocycles. The van der Waals surface area contributed by atoms with E-state index in [9.17, 15) is 4.79 Å². The first-order chi connectivity index (χ1) is 7.84. The Labute approximate surface area is 95.7 Å². The molecule has 16 heavy (non-hydrogen) atoms. The molecule has 4 nitrogen and oxygen atoms in total. The number of likely N-dealkylation sites (tertiary alicyclic amines) is 1. The van der Waals surface area contributed by atoms with E-state index in [2.05, 4.69) is 14.9 Å². The zero-order valence-electron chi connectivity index (χ0n) is 9.43. The Morgan fingerprint density at radius 1 is 1.19 bits per heavy atom. The van der Waals surface area contributed by atoms with Crippen molar-refractivity contribution in [1.82, 2.24) is 14.9 Å². The minimum Gasteiger partial charge on any atom is -0.302 e. The number of hydrogen-bond donors (Lipinski definition) is 0. The number of aromatic nitrogens is 2. The molecular weight excluding hydrogens is 202 g/mol. The second-order valence-corrected chi connectivity index (χ2v) is 4.23. The summed E-state index contributed by atoms with van der Waals surface area (Å²) in [6.07, 6.45) is 8.88. The van der Waals surface area contributed by atoms with Gasteiger partial charge in [-0.15, -0.1) is 0 Å². The molecule has 86 valence electrons. The van der Waals surface area contributed by atoms with Crippen molar-refractivity contribution in [2.45, 2.75) is 25.7 Å². The first kappa shape index (κ1) is 11.2. The lowest BCUT2D eigenvalue weighted by molar-refractivity contribution is -0.121. The summed E-state index contributed by atoms with van der Waals surface area (Å²) in [5, 5.41) is 0. The molecule has 1 fully saturated rings. The second kappa shape index (κ2) is 5.70.